The lowest BCUT2D eigenvalue weighted by atomic mass is 9.75. The van der Waals surface area contributed by atoms with E-state index in [0.717, 1.165) is 31.5 Å². The normalized spacial score (nSPS) is 21.6. The Bertz CT molecular complexity index is 474. The summed E-state index contributed by atoms with van der Waals surface area (Å²) in [6, 6.07) is 2.76. The lowest BCUT2D eigenvalue weighted by Crippen LogP contribution is -2.31. The molecule has 1 aromatic rings. The standard InChI is InChI=1S/C17H30N2O/c1-12(2)18(6)7-8-19-13(3)9-14-15(19)10-17(4,5)11-16(14)20/h9,12,16,20H,7-8,10-11H2,1-6H3. The van der Waals surface area contributed by atoms with Crippen molar-refractivity contribution in [3.8, 4) is 0 Å². The maximum absolute atomic E-state index is 10.4. The van der Waals surface area contributed by atoms with Crippen LogP contribution in [0.1, 0.15) is 57.2 Å². The van der Waals surface area contributed by atoms with E-state index in [1.807, 2.05) is 0 Å². The van der Waals surface area contributed by atoms with Gasteiger partial charge in [0.15, 0.2) is 0 Å². The Labute approximate surface area is 123 Å². The molecule has 0 aromatic carbocycles. The van der Waals surface area contributed by atoms with Gasteiger partial charge in [0, 0.05) is 36.1 Å². The molecular weight excluding hydrogens is 248 g/mol. The van der Waals surface area contributed by atoms with E-state index >= 15 is 0 Å². The molecule has 0 fully saturated rings. The fourth-order valence-corrected chi connectivity index (χ4v) is 3.23. The summed E-state index contributed by atoms with van der Waals surface area (Å²) in [5, 5.41) is 10.4. The van der Waals surface area contributed by atoms with Crippen LogP contribution < -0.4 is 0 Å². The minimum absolute atomic E-state index is 0.193. The van der Waals surface area contributed by atoms with Crippen LogP contribution in [-0.2, 0) is 13.0 Å². The summed E-state index contributed by atoms with van der Waals surface area (Å²) < 4.78 is 2.42. The fourth-order valence-electron chi connectivity index (χ4n) is 3.23. The molecule has 1 aliphatic rings. The number of rotatable bonds is 4. The number of aliphatic hydroxyl groups excluding tert-OH is 1. The first kappa shape index (κ1) is 15.6. The topological polar surface area (TPSA) is 28.4 Å². The molecule has 0 saturated carbocycles. The molecule has 3 heteroatoms. The van der Waals surface area contributed by atoms with Crippen LogP contribution in [0.5, 0.6) is 0 Å². The number of likely N-dealkylation sites (N-methyl/N-ethyl adjacent to an activating group) is 1. The summed E-state index contributed by atoms with van der Waals surface area (Å²) in [5.41, 5.74) is 3.99. The molecule has 114 valence electrons. The van der Waals surface area contributed by atoms with Gasteiger partial charge in [-0.15, -0.1) is 0 Å². The maximum atomic E-state index is 10.4. The monoisotopic (exact) mass is 278 g/mol. The van der Waals surface area contributed by atoms with E-state index in [1.165, 1.54) is 11.4 Å². The highest BCUT2D eigenvalue weighted by Crippen LogP contribution is 2.41. The Morgan fingerprint density at radius 2 is 2.10 bits per heavy atom. The van der Waals surface area contributed by atoms with E-state index < -0.39 is 0 Å². The number of hydrogen-bond donors (Lipinski definition) is 1. The van der Waals surface area contributed by atoms with Gasteiger partial charge in [-0.1, -0.05) is 13.8 Å². The lowest BCUT2D eigenvalue weighted by molar-refractivity contribution is 0.0977. The number of nitrogens with zero attached hydrogens (tertiary/aromatic N) is 2. The Kier molecular flexibility index (Phi) is 4.31. The Hall–Kier alpha value is -0.800. The summed E-state index contributed by atoms with van der Waals surface area (Å²) in [6.45, 7) is 13.2. The zero-order valence-corrected chi connectivity index (χ0v) is 13.9. The molecule has 1 atom stereocenters. The molecule has 0 bridgehead atoms. The molecule has 20 heavy (non-hydrogen) atoms. The van der Waals surface area contributed by atoms with Crippen molar-refractivity contribution in [3.05, 3.63) is 23.0 Å². The van der Waals surface area contributed by atoms with Crippen LogP contribution >= 0.6 is 0 Å². The number of aromatic nitrogens is 1. The van der Waals surface area contributed by atoms with Crippen LogP contribution in [0.4, 0.5) is 0 Å². The van der Waals surface area contributed by atoms with Crippen molar-refractivity contribution in [2.45, 2.75) is 66.2 Å². The predicted molar refractivity (Wildman–Crippen MR) is 84.0 cm³/mol. The van der Waals surface area contributed by atoms with Gasteiger partial charge < -0.3 is 14.6 Å². The minimum Gasteiger partial charge on any atom is -0.388 e. The third-order valence-corrected chi connectivity index (χ3v) is 4.76. The molecule has 0 radical (unpaired) electrons. The molecule has 1 N–H and O–H groups in total. The molecule has 2 rings (SSSR count). The predicted octanol–water partition coefficient (Wildman–Crippen LogP) is 3.14. The summed E-state index contributed by atoms with van der Waals surface area (Å²) in [4.78, 5) is 2.37. The summed E-state index contributed by atoms with van der Waals surface area (Å²) in [5.74, 6) is 0. The average molecular weight is 278 g/mol. The zero-order valence-electron chi connectivity index (χ0n) is 13.9. The van der Waals surface area contributed by atoms with Crippen molar-refractivity contribution in [1.82, 2.24) is 9.47 Å². The van der Waals surface area contributed by atoms with Gasteiger partial charge in [0.1, 0.15) is 0 Å². The second kappa shape index (κ2) is 5.53. The van der Waals surface area contributed by atoms with Crippen LogP contribution in [0, 0.1) is 12.3 Å². The molecule has 0 amide bonds. The third-order valence-electron chi connectivity index (χ3n) is 4.76. The van der Waals surface area contributed by atoms with Crippen LogP contribution in [0.25, 0.3) is 0 Å². The molecule has 0 spiro atoms. The van der Waals surface area contributed by atoms with Gasteiger partial charge in [-0.3, -0.25) is 0 Å². The summed E-state index contributed by atoms with van der Waals surface area (Å²) >= 11 is 0. The second-order valence-electron chi connectivity index (χ2n) is 7.47. The first-order valence-electron chi connectivity index (χ1n) is 7.78. The highest BCUT2D eigenvalue weighted by atomic mass is 16.3. The van der Waals surface area contributed by atoms with Gasteiger partial charge in [0.2, 0.25) is 0 Å². The average Bonchev–Trinajstić information content (AvgIpc) is 2.61. The molecule has 0 saturated heterocycles. The SMILES string of the molecule is Cc1cc2c(n1CCN(C)C(C)C)CC(C)(C)CC2O. The van der Waals surface area contributed by atoms with Crippen molar-refractivity contribution < 1.29 is 5.11 Å². The number of fused-ring (bicyclic) bond motifs is 1. The van der Waals surface area contributed by atoms with Gasteiger partial charge >= 0.3 is 0 Å². The van der Waals surface area contributed by atoms with Crippen LogP contribution in [0.15, 0.2) is 6.07 Å². The highest BCUT2D eigenvalue weighted by Gasteiger charge is 2.33. The van der Waals surface area contributed by atoms with Crippen LogP contribution in [-0.4, -0.2) is 34.2 Å². The van der Waals surface area contributed by atoms with Gasteiger partial charge in [-0.25, -0.2) is 0 Å². The van der Waals surface area contributed by atoms with E-state index in [-0.39, 0.29) is 11.5 Å². The van der Waals surface area contributed by atoms with Crippen molar-refractivity contribution in [1.29, 1.82) is 0 Å². The lowest BCUT2D eigenvalue weighted by Gasteiger charge is -2.34. The fraction of sp³-hybridized carbons (Fsp3) is 0.765. The van der Waals surface area contributed by atoms with Crippen molar-refractivity contribution in [3.63, 3.8) is 0 Å². The van der Waals surface area contributed by atoms with E-state index in [0.29, 0.717) is 6.04 Å². The molecule has 1 heterocycles. The number of aryl methyl sites for hydroxylation is 1. The van der Waals surface area contributed by atoms with Gasteiger partial charge in [0.25, 0.3) is 0 Å². The molecule has 3 nitrogen and oxygen atoms in total. The quantitative estimate of drug-likeness (QED) is 0.916. The van der Waals surface area contributed by atoms with Crippen molar-refractivity contribution >= 4 is 0 Å². The Balaban J connectivity index is 2.23. The molecule has 0 aliphatic heterocycles. The highest BCUT2D eigenvalue weighted by molar-refractivity contribution is 5.33. The first-order chi connectivity index (χ1) is 9.21. The maximum Gasteiger partial charge on any atom is 0.0812 e. The molecule has 1 aromatic heterocycles. The number of hydrogen-bond acceptors (Lipinski definition) is 2. The third kappa shape index (κ3) is 3.09. The van der Waals surface area contributed by atoms with Gasteiger partial charge in [-0.05, 0) is 52.1 Å². The summed E-state index contributed by atoms with van der Waals surface area (Å²) in [7, 11) is 2.18. The van der Waals surface area contributed by atoms with E-state index in [1.54, 1.807) is 0 Å². The largest absolute Gasteiger partial charge is 0.388 e. The minimum atomic E-state index is -0.295. The number of aliphatic hydroxyl groups is 1. The van der Waals surface area contributed by atoms with E-state index in [2.05, 4.69) is 57.2 Å². The van der Waals surface area contributed by atoms with Crippen LogP contribution in [0.3, 0.4) is 0 Å². The molecule has 1 aliphatic carbocycles. The van der Waals surface area contributed by atoms with E-state index in [4.69, 9.17) is 0 Å². The van der Waals surface area contributed by atoms with Gasteiger partial charge in [-0.2, -0.15) is 0 Å². The van der Waals surface area contributed by atoms with Crippen LogP contribution in [0.2, 0.25) is 0 Å². The molecule has 1 unspecified atom stereocenters. The van der Waals surface area contributed by atoms with Crippen molar-refractivity contribution in [2.75, 3.05) is 13.6 Å². The van der Waals surface area contributed by atoms with Crippen molar-refractivity contribution in [2.24, 2.45) is 5.41 Å². The summed E-state index contributed by atoms with van der Waals surface area (Å²) in [6.07, 6.45) is 1.64. The van der Waals surface area contributed by atoms with E-state index in [9.17, 15) is 5.11 Å². The van der Waals surface area contributed by atoms with Gasteiger partial charge in [0.05, 0.1) is 6.10 Å². The second-order valence-corrected chi connectivity index (χ2v) is 7.47. The first-order valence-corrected chi connectivity index (χ1v) is 7.78. The Morgan fingerprint density at radius 1 is 1.45 bits per heavy atom. The smallest absolute Gasteiger partial charge is 0.0812 e. The zero-order chi connectivity index (χ0) is 15.1. The Morgan fingerprint density at radius 3 is 2.70 bits per heavy atom. The molecular formula is C17H30N2O.